The van der Waals surface area contributed by atoms with Crippen LogP contribution in [0.5, 0.6) is 0 Å². The monoisotopic (exact) mass is 666 g/mol. The van der Waals surface area contributed by atoms with Crippen molar-refractivity contribution in [1.29, 1.82) is 0 Å². The van der Waals surface area contributed by atoms with Crippen molar-refractivity contribution in [3.8, 4) is 16.8 Å². The van der Waals surface area contributed by atoms with Gasteiger partial charge >= 0.3 is 0 Å². The van der Waals surface area contributed by atoms with Crippen LogP contribution < -0.4 is 4.90 Å². The van der Waals surface area contributed by atoms with E-state index in [0.29, 0.717) is 0 Å². The Morgan fingerprint density at radius 3 is 1.85 bits per heavy atom. The van der Waals surface area contributed by atoms with Gasteiger partial charge in [0, 0.05) is 49.4 Å². The number of hydrogen-bond donors (Lipinski definition) is 0. The van der Waals surface area contributed by atoms with Gasteiger partial charge in [0.1, 0.15) is 11.2 Å². The molecule has 0 unspecified atom stereocenters. The Morgan fingerprint density at radius 1 is 0.404 bits per heavy atom. The minimum Gasteiger partial charge on any atom is -0.452 e. The van der Waals surface area contributed by atoms with Gasteiger partial charge in [-0.25, -0.2) is 0 Å². The van der Waals surface area contributed by atoms with E-state index in [1.807, 2.05) is 24.3 Å². The zero-order valence-corrected chi connectivity index (χ0v) is 28.0. The second-order valence-corrected chi connectivity index (χ2v) is 13.3. The van der Waals surface area contributed by atoms with E-state index in [4.69, 9.17) is 8.83 Å². The highest BCUT2D eigenvalue weighted by Gasteiger charge is 2.23. The normalized spacial score (nSPS) is 11.8. The fraction of sp³-hybridized carbons (Fsp3) is 0. The maximum atomic E-state index is 6.60. The fourth-order valence-corrected chi connectivity index (χ4v) is 8.15. The first kappa shape index (κ1) is 28.8. The highest BCUT2D eigenvalue weighted by atomic mass is 16.4. The lowest BCUT2D eigenvalue weighted by Crippen LogP contribution is -2.10. The Labute approximate surface area is 299 Å². The molecule has 4 nitrogen and oxygen atoms in total. The molecular weight excluding hydrogens is 637 g/mol. The molecule has 8 aromatic carbocycles. The van der Waals surface area contributed by atoms with Crippen molar-refractivity contribution in [2.75, 3.05) is 4.90 Å². The Kier molecular flexibility index (Phi) is 6.22. The van der Waals surface area contributed by atoms with Crippen molar-refractivity contribution in [3.05, 3.63) is 182 Å². The third-order valence-corrected chi connectivity index (χ3v) is 10.4. The molecule has 0 N–H and O–H groups in total. The maximum absolute atomic E-state index is 6.60. The zero-order chi connectivity index (χ0) is 34.2. The van der Waals surface area contributed by atoms with E-state index in [-0.39, 0.29) is 0 Å². The summed E-state index contributed by atoms with van der Waals surface area (Å²) in [6.45, 7) is 0. The second-order valence-electron chi connectivity index (χ2n) is 13.3. The molecule has 244 valence electrons. The summed E-state index contributed by atoms with van der Waals surface area (Å²) in [7, 11) is 0. The summed E-state index contributed by atoms with van der Waals surface area (Å²) in [5.74, 6) is 0. The second kappa shape index (κ2) is 11.2. The first-order chi connectivity index (χ1) is 25.8. The molecule has 0 aliphatic rings. The average Bonchev–Trinajstić information content (AvgIpc) is 3.89. The van der Waals surface area contributed by atoms with Crippen LogP contribution in [-0.4, -0.2) is 4.57 Å². The molecule has 4 heteroatoms. The highest BCUT2D eigenvalue weighted by molar-refractivity contribution is 6.24. The van der Waals surface area contributed by atoms with Gasteiger partial charge < -0.3 is 18.3 Å². The average molecular weight is 667 g/mol. The number of fused-ring (bicyclic) bond motifs is 10. The van der Waals surface area contributed by atoms with Gasteiger partial charge in [0.25, 0.3) is 0 Å². The molecule has 0 aliphatic carbocycles. The van der Waals surface area contributed by atoms with E-state index in [1.165, 1.54) is 16.3 Å². The van der Waals surface area contributed by atoms with E-state index < -0.39 is 0 Å². The summed E-state index contributed by atoms with van der Waals surface area (Å²) in [5, 5.41) is 6.64. The zero-order valence-electron chi connectivity index (χ0n) is 28.0. The Balaban J connectivity index is 1.19. The van der Waals surface area contributed by atoms with Crippen molar-refractivity contribution in [3.63, 3.8) is 0 Å². The lowest BCUT2D eigenvalue weighted by molar-refractivity contribution is 0.633. The van der Waals surface area contributed by atoms with Gasteiger partial charge in [-0.2, -0.15) is 0 Å². The number of para-hydroxylation sites is 5. The number of nitrogens with zero attached hydrogens (tertiary/aromatic N) is 2. The molecule has 0 amide bonds. The van der Waals surface area contributed by atoms with E-state index >= 15 is 0 Å². The minimum absolute atomic E-state index is 0.772. The molecule has 3 heterocycles. The molecule has 0 saturated carbocycles. The number of hydrogen-bond acceptors (Lipinski definition) is 3. The lowest BCUT2D eigenvalue weighted by atomic mass is 9.96. The van der Waals surface area contributed by atoms with E-state index in [2.05, 4.69) is 167 Å². The molecule has 11 aromatic rings. The predicted octanol–water partition coefficient (Wildman–Crippen LogP) is 13.7. The van der Waals surface area contributed by atoms with Gasteiger partial charge in [-0.1, -0.05) is 109 Å². The smallest absolute Gasteiger partial charge is 0.179 e. The predicted molar refractivity (Wildman–Crippen MR) is 215 cm³/mol. The standard InChI is InChI=1S/C48H30N2O2/c1-3-16-32(17-4-1)49(41-25-14-26-42-46(41)36-22-7-10-24-40(36)50(42)33-18-5-2-6-19-33)34-20-13-15-31(29-34)38-30-39-35-21-8-11-27-43(35)51-47(39)48-45(38)37-23-9-12-28-44(37)52-48/h1-30H. The highest BCUT2D eigenvalue weighted by Crippen LogP contribution is 2.47. The molecule has 0 radical (unpaired) electrons. The van der Waals surface area contributed by atoms with Crippen molar-refractivity contribution >= 4 is 82.7 Å². The molecule has 0 bridgehead atoms. The largest absolute Gasteiger partial charge is 0.452 e. The molecule has 3 aromatic heterocycles. The molecule has 0 fully saturated rings. The quantitative estimate of drug-likeness (QED) is 0.183. The molecular formula is C48H30N2O2. The van der Waals surface area contributed by atoms with Crippen LogP contribution in [0.2, 0.25) is 0 Å². The summed E-state index contributed by atoms with van der Waals surface area (Å²) < 4.78 is 15.4. The van der Waals surface area contributed by atoms with E-state index in [1.54, 1.807) is 0 Å². The number of aromatic nitrogens is 1. The van der Waals surface area contributed by atoms with E-state index in [9.17, 15) is 0 Å². The third-order valence-electron chi connectivity index (χ3n) is 10.4. The van der Waals surface area contributed by atoms with Gasteiger partial charge in [0.2, 0.25) is 0 Å². The van der Waals surface area contributed by atoms with Crippen LogP contribution >= 0.6 is 0 Å². The molecule has 0 saturated heterocycles. The third kappa shape index (κ3) is 4.21. The SMILES string of the molecule is c1ccc(N(c2cccc(-c3cc4c5ccccc5oc4c4oc5ccccc5c34)c2)c2cccc3c2c2ccccc2n3-c2ccccc2)cc1. The number of anilines is 3. The number of rotatable bonds is 5. The van der Waals surface area contributed by atoms with Crippen LogP contribution in [0.15, 0.2) is 191 Å². The number of furan rings is 2. The summed E-state index contributed by atoms with van der Waals surface area (Å²) in [4.78, 5) is 2.39. The summed E-state index contributed by atoms with van der Waals surface area (Å²) in [6, 6.07) is 64.4. The minimum atomic E-state index is 0.772. The van der Waals surface area contributed by atoms with Crippen molar-refractivity contribution in [1.82, 2.24) is 4.57 Å². The topological polar surface area (TPSA) is 34.5 Å². The van der Waals surface area contributed by atoms with Crippen molar-refractivity contribution in [2.45, 2.75) is 0 Å². The van der Waals surface area contributed by atoms with Gasteiger partial charge in [0.15, 0.2) is 11.2 Å². The first-order valence-corrected chi connectivity index (χ1v) is 17.6. The molecule has 0 aliphatic heterocycles. The maximum Gasteiger partial charge on any atom is 0.179 e. The molecule has 0 atom stereocenters. The lowest BCUT2D eigenvalue weighted by Gasteiger charge is -2.27. The number of benzene rings is 8. The summed E-state index contributed by atoms with van der Waals surface area (Å²) >= 11 is 0. The van der Waals surface area contributed by atoms with Crippen LogP contribution in [-0.2, 0) is 0 Å². The van der Waals surface area contributed by atoms with Gasteiger partial charge in [-0.05, 0) is 83.9 Å². The summed E-state index contributed by atoms with van der Waals surface area (Å²) in [5.41, 5.74) is 12.2. The Hall–Kier alpha value is -7.04. The van der Waals surface area contributed by atoms with Crippen LogP contribution in [0.1, 0.15) is 0 Å². The van der Waals surface area contributed by atoms with Crippen LogP contribution in [0, 0.1) is 0 Å². The van der Waals surface area contributed by atoms with Gasteiger partial charge in [-0.15, -0.1) is 0 Å². The molecule has 52 heavy (non-hydrogen) atoms. The van der Waals surface area contributed by atoms with E-state index in [0.717, 1.165) is 83.3 Å². The Morgan fingerprint density at radius 2 is 1.02 bits per heavy atom. The van der Waals surface area contributed by atoms with Crippen LogP contribution in [0.4, 0.5) is 17.1 Å². The Bertz CT molecular complexity index is 3130. The molecule has 11 rings (SSSR count). The fourth-order valence-electron chi connectivity index (χ4n) is 8.15. The first-order valence-electron chi connectivity index (χ1n) is 17.6. The van der Waals surface area contributed by atoms with Gasteiger partial charge in [-0.3, -0.25) is 0 Å². The van der Waals surface area contributed by atoms with Gasteiger partial charge in [0.05, 0.1) is 16.7 Å². The van der Waals surface area contributed by atoms with Crippen LogP contribution in [0.25, 0.3) is 82.5 Å². The molecule has 0 spiro atoms. The summed E-state index contributed by atoms with van der Waals surface area (Å²) in [6.07, 6.45) is 0. The van der Waals surface area contributed by atoms with Crippen molar-refractivity contribution < 1.29 is 8.83 Å². The van der Waals surface area contributed by atoms with Crippen molar-refractivity contribution in [2.24, 2.45) is 0 Å². The van der Waals surface area contributed by atoms with Crippen LogP contribution in [0.3, 0.4) is 0 Å².